The third kappa shape index (κ3) is 5.34. The van der Waals surface area contributed by atoms with E-state index in [1.807, 2.05) is 28.8 Å². The van der Waals surface area contributed by atoms with E-state index < -0.39 is 11.9 Å². The fourth-order valence-electron chi connectivity index (χ4n) is 6.08. The van der Waals surface area contributed by atoms with Crippen LogP contribution in [0.5, 0.6) is 5.75 Å². The van der Waals surface area contributed by atoms with E-state index in [4.69, 9.17) is 26.1 Å². The van der Waals surface area contributed by atoms with Crippen molar-refractivity contribution in [3.8, 4) is 5.75 Å². The van der Waals surface area contributed by atoms with E-state index in [9.17, 15) is 9.18 Å². The third-order valence-electron chi connectivity index (χ3n) is 7.98. The number of amides is 1. The van der Waals surface area contributed by atoms with Gasteiger partial charge in [0.25, 0.3) is 0 Å². The highest BCUT2D eigenvalue weighted by molar-refractivity contribution is 6.31. The van der Waals surface area contributed by atoms with Crippen molar-refractivity contribution >= 4 is 28.5 Å². The summed E-state index contributed by atoms with van der Waals surface area (Å²) in [6, 6.07) is 9.86. The Bertz CT molecular complexity index is 1230. The van der Waals surface area contributed by atoms with Crippen LogP contribution in [0, 0.1) is 11.7 Å². The van der Waals surface area contributed by atoms with Crippen molar-refractivity contribution in [1.29, 1.82) is 0 Å². The predicted octanol–water partition coefficient (Wildman–Crippen LogP) is 6.75. The molecule has 3 aromatic rings. The average Bonchev–Trinajstić information content (AvgIpc) is 3.54. The Morgan fingerprint density at radius 3 is 2.38 bits per heavy atom. The van der Waals surface area contributed by atoms with Gasteiger partial charge in [-0.1, -0.05) is 55.8 Å². The highest BCUT2D eigenvalue weighted by Crippen LogP contribution is 2.40. The molecule has 0 aliphatic heterocycles. The lowest BCUT2D eigenvalue weighted by atomic mass is 9.84. The number of carbonyl (C=O) groups is 1. The van der Waals surface area contributed by atoms with Crippen LogP contribution in [0.15, 0.2) is 36.4 Å². The monoisotopic (exact) mass is 527 g/mol. The molecular formula is C29H35ClFN3O3. The van der Waals surface area contributed by atoms with Gasteiger partial charge in [0.2, 0.25) is 5.91 Å². The van der Waals surface area contributed by atoms with Gasteiger partial charge in [0.1, 0.15) is 29.5 Å². The first-order valence-corrected chi connectivity index (χ1v) is 13.7. The summed E-state index contributed by atoms with van der Waals surface area (Å²) in [5.41, 5.74) is 1.86. The van der Waals surface area contributed by atoms with Crippen LogP contribution in [0.2, 0.25) is 5.02 Å². The van der Waals surface area contributed by atoms with Crippen LogP contribution in [0.25, 0.3) is 11.0 Å². The van der Waals surface area contributed by atoms with Gasteiger partial charge in [-0.15, -0.1) is 0 Å². The SMILES string of the molecule is COc1ccc(C(C(=O)NC2CCCC2)n2c(C(OC)C3CCCCC3)nc3cc(F)c(Cl)cc32)cc1. The fraction of sp³-hybridized carbons (Fsp3) is 0.517. The van der Waals surface area contributed by atoms with E-state index in [1.165, 1.54) is 12.5 Å². The van der Waals surface area contributed by atoms with Crippen molar-refractivity contribution in [2.75, 3.05) is 14.2 Å². The predicted molar refractivity (Wildman–Crippen MR) is 143 cm³/mol. The van der Waals surface area contributed by atoms with Crippen LogP contribution < -0.4 is 10.1 Å². The maximum absolute atomic E-state index is 14.6. The van der Waals surface area contributed by atoms with E-state index >= 15 is 0 Å². The molecule has 6 nitrogen and oxygen atoms in total. The summed E-state index contributed by atoms with van der Waals surface area (Å²) in [6.07, 6.45) is 9.37. The molecule has 0 radical (unpaired) electrons. The number of hydrogen-bond donors (Lipinski definition) is 1. The summed E-state index contributed by atoms with van der Waals surface area (Å²) in [7, 11) is 3.31. The Hall–Kier alpha value is -2.64. The molecule has 1 N–H and O–H groups in total. The molecule has 2 atom stereocenters. The molecule has 37 heavy (non-hydrogen) atoms. The van der Waals surface area contributed by atoms with Crippen LogP contribution in [0.3, 0.4) is 0 Å². The van der Waals surface area contributed by atoms with Crippen molar-refractivity contribution in [2.24, 2.45) is 5.92 Å². The summed E-state index contributed by atoms with van der Waals surface area (Å²) < 4.78 is 27.9. The quantitative estimate of drug-likeness (QED) is 0.352. The third-order valence-corrected chi connectivity index (χ3v) is 8.27. The van der Waals surface area contributed by atoms with Gasteiger partial charge in [0, 0.05) is 19.2 Å². The maximum Gasteiger partial charge on any atom is 0.247 e. The highest BCUT2D eigenvalue weighted by atomic mass is 35.5. The van der Waals surface area contributed by atoms with Gasteiger partial charge in [-0.05, 0) is 55.4 Å². The fourth-order valence-corrected chi connectivity index (χ4v) is 6.24. The Morgan fingerprint density at radius 1 is 1.05 bits per heavy atom. The number of aromatic nitrogens is 2. The lowest BCUT2D eigenvalue weighted by Gasteiger charge is -2.31. The molecule has 2 saturated carbocycles. The first-order chi connectivity index (χ1) is 18.0. The van der Waals surface area contributed by atoms with Crippen molar-refractivity contribution in [1.82, 2.24) is 14.9 Å². The van der Waals surface area contributed by atoms with Crippen LogP contribution in [0.1, 0.15) is 81.3 Å². The van der Waals surface area contributed by atoms with Crippen molar-refractivity contribution in [3.63, 3.8) is 0 Å². The van der Waals surface area contributed by atoms with Gasteiger partial charge in [-0.3, -0.25) is 4.79 Å². The zero-order chi connectivity index (χ0) is 25.9. The Kier molecular flexibility index (Phi) is 8.01. The van der Waals surface area contributed by atoms with Gasteiger partial charge >= 0.3 is 0 Å². The minimum atomic E-state index is -0.728. The molecule has 198 valence electrons. The zero-order valence-electron chi connectivity index (χ0n) is 21.5. The number of halogens is 2. The van der Waals surface area contributed by atoms with E-state index in [1.54, 1.807) is 20.3 Å². The van der Waals surface area contributed by atoms with Crippen molar-refractivity contribution < 1.29 is 18.7 Å². The number of nitrogens with one attached hydrogen (secondary N) is 1. The van der Waals surface area contributed by atoms with Crippen LogP contribution in [0.4, 0.5) is 4.39 Å². The second-order valence-corrected chi connectivity index (χ2v) is 10.7. The summed E-state index contributed by atoms with van der Waals surface area (Å²) in [4.78, 5) is 18.9. The van der Waals surface area contributed by atoms with Gasteiger partial charge in [-0.2, -0.15) is 0 Å². The Morgan fingerprint density at radius 2 is 1.73 bits per heavy atom. The molecule has 2 unspecified atom stereocenters. The Labute approximate surface area is 222 Å². The van der Waals surface area contributed by atoms with Crippen LogP contribution in [-0.4, -0.2) is 35.7 Å². The van der Waals surface area contributed by atoms with E-state index in [0.717, 1.165) is 56.9 Å². The molecule has 2 fully saturated rings. The molecular weight excluding hydrogens is 493 g/mol. The molecule has 0 bridgehead atoms. The summed E-state index contributed by atoms with van der Waals surface area (Å²) in [5.74, 6) is 0.957. The number of imidazole rings is 1. The molecule has 2 aromatic carbocycles. The first kappa shape index (κ1) is 26.0. The minimum Gasteiger partial charge on any atom is -0.497 e. The molecule has 2 aliphatic rings. The van der Waals surface area contributed by atoms with Crippen molar-refractivity contribution in [3.05, 3.63) is 58.6 Å². The molecule has 0 spiro atoms. The smallest absolute Gasteiger partial charge is 0.247 e. The number of hydrogen-bond acceptors (Lipinski definition) is 4. The first-order valence-electron chi connectivity index (χ1n) is 13.3. The summed E-state index contributed by atoms with van der Waals surface area (Å²) >= 11 is 6.27. The minimum absolute atomic E-state index is 0.00323. The van der Waals surface area contributed by atoms with Crippen molar-refractivity contribution in [2.45, 2.75) is 76.0 Å². The lowest BCUT2D eigenvalue weighted by Crippen LogP contribution is -2.39. The maximum atomic E-state index is 14.6. The molecule has 2 aliphatic carbocycles. The number of rotatable bonds is 8. The molecule has 1 aromatic heterocycles. The van der Waals surface area contributed by atoms with Gasteiger partial charge in [0.05, 0.1) is 23.2 Å². The average molecular weight is 528 g/mol. The number of methoxy groups -OCH3 is 2. The van der Waals surface area contributed by atoms with E-state index in [-0.39, 0.29) is 29.0 Å². The topological polar surface area (TPSA) is 65.4 Å². The van der Waals surface area contributed by atoms with Gasteiger partial charge in [0.15, 0.2) is 0 Å². The molecule has 1 amide bonds. The number of fused-ring (bicyclic) bond motifs is 1. The number of carbonyl (C=O) groups excluding carboxylic acids is 1. The highest BCUT2D eigenvalue weighted by Gasteiger charge is 2.35. The van der Waals surface area contributed by atoms with Crippen LogP contribution in [-0.2, 0) is 9.53 Å². The standard InChI is InChI=1S/C29H35ClFN3O3/c1-36-21-14-12-18(13-15-21)26(29(35)32-20-10-6-7-11-20)34-25-16-22(30)23(31)17-24(25)33-28(34)27(37-2)19-8-4-3-5-9-19/h12-17,19-20,26-27H,3-11H2,1-2H3,(H,32,35). The second kappa shape index (κ2) is 11.4. The largest absolute Gasteiger partial charge is 0.497 e. The van der Waals surface area contributed by atoms with E-state index in [2.05, 4.69) is 5.32 Å². The Balaban J connectivity index is 1.69. The number of ether oxygens (including phenoxy) is 2. The molecule has 5 rings (SSSR count). The normalized spacial score (nSPS) is 18.7. The summed E-state index contributed by atoms with van der Waals surface area (Å²) in [5, 5.41) is 3.28. The van der Waals surface area contributed by atoms with E-state index in [0.29, 0.717) is 22.6 Å². The molecule has 0 saturated heterocycles. The summed E-state index contributed by atoms with van der Waals surface area (Å²) in [6.45, 7) is 0. The number of benzene rings is 2. The lowest BCUT2D eigenvalue weighted by molar-refractivity contribution is -0.124. The van der Waals surface area contributed by atoms with Gasteiger partial charge in [-0.25, -0.2) is 9.37 Å². The zero-order valence-corrected chi connectivity index (χ0v) is 22.3. The molecule has 1 heterocycles. The second-order valence-electron chi connectivity index (χ2n) is 10.3. The van der Waals surface area contributed by atoms with Crippen LogP contribution >= 0.6 is 11.6 Å². The molecule has 8 heteroatoms. The number of nitrogens with zero attached hydrogens (tertiary/aromatic N) is 2. The van der Waals surface area contributed by atoms with Gasteiger partial charge < -0.3 is 19.4 Å².